The fraction of sp³-hybridized carbons (Fsp3) is 0.152. The Kier molecular flexibility index (Phi) is 7.20. The monoisotopic (exact) mass is 584 g/mol. The van der Waals surface area contributed by atoms with E-state index in [4.69, 9.17) is 17.0 Å². The lowest BCUT2D eigenvalue weighted by molar-refractivity contribution is -0.137. The van der Waals surface area contributed by atoms with Crippen LogP contribution in [-0.4, -0.2) is 14.7 Å². The topological polar surface area (TPSA) is 42.3 Å². The molecule has 1 N–H and O–H groups in total. The number of ether oxygens (including phenoxy) is 1. The zero-order valence-corrected chi connectivity index (χ0v) is 23.7. The number of para-hydroxylation sites is 1. The highest BCUT2D eigenvalue weighted by Gasteiger charge is 2.42. The lowest BCUT2D eigenvalue weighted by Gasteiger charge is -2.28. The Morgan fingerprint density at radius 2 is 1.52 bits per heavy atom. The number of aromatic nitrogens is 2. The lowest BCUT2D eigenvalue weighted by Crippen LogP contribution is -2.29. The van der Waals surface area contributed by atoms with Crippen LogP contribution in [0.15, 0.2) is 109 Å². The Bertz CT molecular complexity index is 1720. The number of anilines is 1. The van der Waals surface area contributed by atoms with Gasteiger partial charge in [-0.2, -0.15) is 13.2 Å². The van der Waals surface area contributed by atoms with Gasteiger partial charge in [-0.25, -0.2) is 0 Å². The van der Waals surface area contributed by atoms with Gasteiger partial charge in [0, 0.05) is 29.0 Å². The zero-order chi connectivity index (χ0) is 29.4. The van der Waals surface area contributed by atoms with E-state index in [2.05, 4.69) is 10.3 Å². The molecule has 3 aromatic carbocycles. The SMILES string of the molecule is Cc1cc([C@H]2[C@@H](c3ccccn3)NC(=S)N2c2ccc(Oc3ccccc3)cc2)c(C)n1-c1cccc(C(F)(F)F)c1. The summed E-state index contributed by atoms with van der Waals surface area (Å²) in [6, 6.07) is 29.7. The van der Waals surface area contributed by atoms with Gasteiger partial charge in [-0.05, 0) is 104 Å². The number of hydrogen-bond acceptors (Lipinski definition) is 3. The van der Waals surface area contributed by atoms with E-state index in [1.165, 1.54) is 12.1 Å². The summed E-state index contributed by atoms with van der Waals surface area (Å²) in [7, 11) is 0. The van der Waals surface area contributed by atoms with Crippen LogP contribution in [0, 0.1) is 13.8 Å². The maximum Gasteiger partial charge on any atom is 0.416 e. The van der Waals surface area contributed by atoms with E-state index in [1.54, 1.807) is 12.3 Å². The highest BCUT2D eigenvalue weighted by Crippen LogP contribution is 2.44. The molecule has 0 radical (unpaired) electrons. The third-order valence-electron chi connectivity index (χ3n) is 7.41. The molecule has 212 valence electrons. The molecule has 5 nitrogen and oxygen atoms in total. The van der Waals surface area contributed by atoms with Crippen molar-refractivity contribution in [2.24, 2.45) is 0 Å². The minimum Gasteiger partial charge on any atom is -0.457 e. The smallest absolute Gasteiger partial charge is 0.416 e. The summed E-state index contributed by atoms with van der Waals surface area (Å²) in [6.45, 7) is 3.82. The molecule has 0 saturated carbocycles. The average Bonchev–Trinajstić information content (AvgIpc) is 3.48. The van der Waals surface area contributed by atoms with E-state index >= 15 is 0 Å². The molecular formula is C33H27F3N4OS. The first-order valence-electron chi connectivity index (χ1n) is 13.4. The fourth-order valence-electron chi connectivity index (χ4n) is 5.55. The molecule has 1 aliphatic heterocycles. The number of hydrogen-bond donors (Lipinski definition) is 1. The second-order valence-corrected chi connectivity index (χ2v) is 10.5. The molecule has 2 atom stereocenters. The summed E-state index contributed by atoms with van der Waals surface area (Å²) in [5, 5.41) is 3.98. The average molecular weight is 585 g/mol. The van der Waals surface area contributed by atoms with Crippen LogP contribution in [0.25, 0.3) is 5.69 Å². The van der Waals surface area contributed by atoms with E-state index in [-0.39, 0.29) is 12.1 Å². The normalized spacial score (nSPS) is 16.9. The third kappa shape index (κ3) is 5.23. The molecular weight excluding hydrogens is 557 g/mol. The Morgan fingerprint density at radius 1 is 0.810 bits per heavy atom. The van der Waals surface area contributed by atoms with Crippen molar-refractivity contribution in [3.05, 3.63) is 138 Å². The van der Waals surface area contributed by atoms with Crippen molar-refractivity contribution in [1.29, 1.82) is 0 Å². The molecule has 2 aromatic heterocycles. The summed E-state index contributed by atoms with van der Waals surface area (Å²) in [5.41, 5.74) is 3.97. The molecule has 5 aromatic rings. The van der Waals surface area contributed by atoms with Crippen LogP contribution in [0.1, 0.15) is 40.3 Å². The van der Waals surface area contributed by atoms with Crippen LogP contribution in [0.2, 0.25) is 0 Å². The van der Waals surface area contributed by atoms with Gasteiger partial charge < -0.3 is 19.5 Å². The Labute approximate surface area is 247 Å². The Balaban J connectivity index is 1.42. The van der Waals surface area contributed by atoms with E-state index in [1.807, 2.05) is 102 Å². The van der Waals surface area contributed by atoms with E-state index in [0.717, 1.165) is 40.1 Å². The standard InChI is InChI=1S/C33H27F3N4OS/c1-21-19-28(22(2)39(21)25-10-8-9-23(20-25)33(34,35)36)31-30(29-13-6-7-18-37-29)38-32(42)40(31)24-14-16-27(17-15-24)41-26-11-4-3-5-12-26/h3-20,30-31H,1-2H3,(H,38,42)/t30-,31+/m1/s1. The van der Waals surface area contributed by atoms with Gasteiger partial charge in [0.1, 0.15) is 11.5 Å². The largest absolute Gasteiger partial charge is 0.457 e. The van der Waals surface area contributed by atoms with Gasteiger partial charge in [-0.15, -0.1) is 0 Å². The summed E-state index contributed by atoms with van der Waals surface area (Å²) >= 11 is 5.87. The van der Waals surface area contributed by atoms with Crippen LogP contribution in [0.3, 0.4) is 0 Å². The molecule has 1 fully saturated rings. The highest BCUT2D eigenvalue weighted by molar-refractivity contribution is 7.80. The highest BCUT2D eigenvalue weighted by atomic mass is 32.1. The van der Waals surface area contributed by atoms with Gasteiger partial charge in [-0.1, -0.05) is 30.3 Å². The van der Waals surface area contributed by atoms with Gasteiger partial charge in [0.15, 0.2) is 5.11 Å². The minimum absolute atomic E-state index is 0.297. The number of thiocarbonyl (C=S) groups is 1. The van der Waals surface area contributed by atoms with Crippen molar-refractivity contribution < 1.29 is 17.9 Å². The van der Waals surface area contributed by atoms with E-state index < -0.39 is 11.7 Å². The molecule has 0 aliphatic carbocycles. The number of nitrogens with zero attached hydrogens (tertiary/aromatic N) is 3. The van der Waals surface area contributed by atoms with E-state index in [9.17, 15) is 13.2 Å². The van der Waals surface area contributed by atoms with Crippen molar-refractivity contribution >= 4 is 23.0 Å². The first-order chi connectivity index (χ1) is 20.2. The zero-order valence-electron chi connectivity index (χ0n) is 22.8. The fourth-order valence-corrected chi connectivity index (χ4v) is 5.90. The number of benzene rings is 3. The van der Waals surface area contributed by atoms with Crippen molar-refractivity contribution in [3.8, 4) is 17.2 Å². The molecule has 1 aliphatic rings. The Hall–Kier alpha value is -4.63. The Morgan fingerprint density at radius 3 is 2.21 bits per heavy atom. The molecule has 0 unspecified atom stereocenters. The number of pyridine rings is 1. The maximum absolute atomic E-state index is 13.6. The second-order valence-electron chi connectivity index (χ2n) is 10.1. The summed E-state index contributed by atoms with van der Waals surface area (Å²) in [6.07, 6.45) is -2.70. The molecule has 0 bridgehead atoms. The first-order valence-corrected chi connectivity index (χ1v) is 13.8. The summed E-state index contributed by atoms with van der Waals surface area (Å²) < 4.78 is 48.5. The molecule has 42 heavy (non-hydrogen) atoms. The maximum atomic E-state index is 13.6. The third-order valence-corrected chi connectivity index (χ3v) is 7.73. The molecule has 0 amide bonds. The van der Waals surface area contributed by atoms with Crippen LogP contribution in [0.5, 0.6) is 11.5 Å². The summed E-state index contributed by atoms with van der Waals surface area (Å²) in [5.74, 6) is 1.42. The van der Waals surface area contributed by atoms with Crippen LogP contribution >= 0.6 is 12.2 Å². The van der Waals surface area contributed by atoms with Crippen LogP contribution < -0.4 is 15.0 Å². The van der Waals surface area contributed by atoms with E-state index in [0.29, 0.717) is 16.5 Å². The number of halogens is 3. The van der Waals surface area contributed by atoms with Gasteiger partial charge in [0.05, 0.1) is 23.3 Å². The predicted octanol–water partition coefficient (Wildman–Crippen LogP) is 8.48. The number of alkyl halides is 3. The lowest BCUT2D eigenvalue weighted by atomic mass is 9.96. The molecule has 3 heterocycles. The van der Waals surface area contributed by atoms with Gasteiger partial charge in [0.2, 0.25) is 0 Å². The minimum atomic E-state index is -4.44. The quantitative estimate of drug-likeness (QED) is 0.203. The predicted molar refractivity (Wildman–Crippen MR) is 161 cm³/mol. The molecule has 9 heteroatoms. The van der Waals surface area contributed by atoms with Crippen LogP contribution in [-0.2, 0) is 6.18 Å². The number of rotatable bonds is 6. The first kappa shape index (κ1) is 27.5. The molecule has 1 saturated heterocycles. The summed E-state index contributed by atoms with van der Waals surface area (Å²) in [4.78, 5) is 6.66. The van der Waals surface area contributed by atoms with Crippen molar-refractivity contribution in [3.63, 3.8) is 0 Å². The van der Waals surface area contributed by atoms with Crippen LogP contribution in [0.4, 0.5) is 18.9 Å². The van der Waals surface area contributed by atoms with Crippen molar-refractivity contribution in [2.45, 2.75) is 32.1 Å². The van der Waals surface area contributed by atoms with Gasteiger partial charge in [-0.3, -0.25) is 4.98 Å². The van der Waals surface area contributed by atoms with Gasteiger partial charge in [0.25, 0.3) is 0 Å². The molecule has 6 rings (SSSR count). The number of nitrogens with one attached hydrogen (secondary N) is 1. The number of aryl methyl sites for hydroxylation is 1. The van der Waals surface area contributed by atoms with Crippen molar-refractivity contribution in [2.75, 3.05) is 4.90 Å². The van der Waals surface area contributed by atoms with Crippen molar-refractivity contribution in [1.82, 2.24) is 14.9 Å². The molecule has 0 spiro atoms. The van der Waals surface area contributed by atoms with Gasteiger partial charge >= 0.3 is 6.18 Å². The second kappa shape index (κ2) is 11.0.